The van der Waals surface area contributed by atoms with Gasteiger partial charge in [0, 0.05) is 32.6 Å². The number of morpholine rings is 1. The fraction of sp³-hybridized carbons (Fsp3) is 0.588. The van der Waals surface area contributed by atoms with Crippen LogP contribution >= 0.6 is 0 Å². The van der Waals surface area contributed by atoms with Gasteiger partial charge in [-0.2, -0.15) is 0 Å². The van der Waals surface area contributed by atoms with E-state index in [-0.39, 0.29) is 5.91 Å². The molecule has 1 N–H and O–H groups in total. The molecule has 0 radical (unpaired) electrons. The lowest BCUT2D eigenvalue weighted by Gasteiger charge is -2.26. The van der Waals surface area contributed by atoms with Gasteiger partial charge < -0.3 is 19.5 Å². The van der Waals surface area contributed by atoms with E-state index in [2.05, 4.69) is 10.2 Å². The summed E-state index contributed by atoms with van der Waals surface area (Å²) in [5.74, 6) is 1.54. The number of nitrogens with zero attached hydrogens (tertiary/aromatic N) is 1. The largest absolute Gasteiger partial charge is 0.490 e. The normalized spacial score (nSPS) is 18.3. The van der Waals surface area contributed by atoms with Gasteiger partial charge in [0.25, 0.3) is 0 Å². The third-order valence-corrected chi connectivity index (χ3v) is 4.03. The number of fused-ring (bicyclic) bond motifs is 1. The molecule has 0 unspecified atom stereocenters. The molecule has 2 aliphatic heterocycles. The van der Waals surface area contributed by atoms with E-state index in [4.69, 9.17) is 14.2 Å². The predicted octanol–water partition coefficient (Wildman–Crippen LogP) is 0.839. The minimum Gasteiger partial charge on any atom is -0.490 e. The first-order valence-corrected chi connectivity index (χ1v) is 8.26. The fourth-order valence-corrected chi connectivity index (χ4v) is 2.74. The fourth-order valence-electron chi connectivity index (χ4n) is 2.74. The summed E-state index contributed by atoms with van der Waals surface area (Å²) >= 11 is 0. The number of ether oxygens (including phenoxy) is 3. The number of hydrogen-bond donors (Lipinski definition) is 1. The Morgan fingerprint density at radius 1 is 1.09 bits per heavy atom. The van der Waals surface area contributed by atoms with Gasteiger partial charge in [0.1, 0.15) is 0 Å². The Labute approximate surface area is 136 Å². The van der Waals surface area contributed by atoms with Gasteiger partial charge >= 0.3 is 0 Å². The smallest absolute Gasteiger partial charge is 0.224 e. The Morgan fingerprint density at radius 3 is 2.70 bits per heavy atom. The zero-order valence-corrected chi connectivity index (χ0v) is 13.4. The minimum atomic E-state index is 0.0350. The number of rotatable bonds is 5. The molecular weight excluding hydrogens is 296 g/mol. The molecule has 0 bridgehead atoms. The Balaban J connectivity index is 1.45. The molecule has 1 aromatic rings. The zero-order chi connectivity index (χ0) is 15.9. The summed E-state index contributed by atoms with van der Waals surface area (Å²) in [6.45, 7) is 6.32. The predicted molar refractivity (Wildman–Crippen MR) is 86.0 cm³/mol. The molecule has 23 heavy (non-hydrogen) atoms. The molecule has 0 saturated carbocycles. The highest BCUT2D eigenvalue weighted by Crippen LogP contribution is 2.30. The summed E-state index contributed by atoms with van der Waals surface area (Å²) in [4.78, 5) is 14.4. The van der Waals surface area contributed by atoms with Gasteiger partial charge in [-0.05, 0) is 17.7 Å². The van der Waals surface area contributed by atoms with E-state index in [9.17, 15) is 4.79 Å². The standard InChI is InChI=1S/C17H24N2O4/c20-17(18-4-5-19-6-10-21-11-7-19)13-14-2-3-15-16(12-14)23-9-1-8-22-15/h2-3,12H,1,4-11,13H2,(H,18,20). The van der Waals surface area contributed by atoms with Crippen molar-refractivity contribution in [2.75, 3.05) is 52.6 Å². The van der Waals surface area contributed by atoms with E-state index >= 15 is 0 Å². The Hall–Kier alpha value is -1.79. The monoisotopic (exact) mass is 320 g/mol. The van der Waals surface area contributed by atoms with Crippen LogP contribution in [0.1, 0.15) is 12.0 Å². The zero-order valence-electron chi connectivity index (χ0n) is 13.4. The highest BCUT2D eigenvalue weighted by molar-refractivity contribution is 5.78. The molecule has 0 atom stereocenters. The molecule has 6 nitrogen and oxygen atoms in total. The molecule has 0 aliphatic carbocycles. The molecule has 6 heteroatoms. The molecule has 0 spiro atoms. The third kappa shape index (κ3) is 4.84. The second-order valence-electron chi connectivity index (χ2n) is 5.81. The van der Waals surface area contributed by atoms with Gasteiger partial charge in [-0.15, -0.1) is 0 Å². The Kier molecular flexibility index (Phi) is 5.71. The summed E-state index contributed by atoms with van der Waals surface area (Å²) in [6, 6.07) is 5.72. The molecular formula is C17H24N2O4. The molecule has 3 rings (SSSR count). The Morgan fingerprint density at radius 2 is 1.87 bits per heavy atom. The number of benzene rings is 1. The van der Waals surface area contributed by atoms with Crippen molar-refractivity contribution in [3.8, 4) is 11.5 Å². The van der Waals surface area contributed by atoms with Crippen molar-refractivity contribution in [2.24, 2.45) is 0 Å². The van der Waals surface area contributed by atoms with Crippen molar-refractivity contribution in [1.29, 1.82) is 0 Å². The average molecular weight is 320 g/mol. The molecule has 2 aliphatic rings. The van der Waals surface area contributed by atoms with E-state index in [0.29, 0.717) is 26.2 Å². The van der Waals surface area contributed by atoms with Crippen LogP contribution in [-0.2, 0) is 16.0 Å². The van der Waals surface area contributed by atoms with Crippen molar-refractivity contribution < 1.29 is 19.0 Å². The highest BCUT2D eigenvalue weighted by atomic mass is 16.5. The van der Waals surface area contributed by atoms with Gasteiger partial charge in [0.2, 0.25) is 5.91 Å². The van der Waals surface area contributed by atoms with E-state index < -0.39 is 0 Å². The molecule has 0 aromatic heterocycles. The lowest BCUT2D eigenvalue weighted by atomic mass is 10.1. The number of amides is 1. The summed E-state index contributed by atoms with van der Waals surface area (Å²) in [5.41, 5.74) is 0.943. The molecule has 1 fully saturated rings. The van der Waals surface area contributed by atoms with Crippen molar-refractivity contribution in [1.82, 2.24) is 10.2 Å². The van der Waals surface area contributed by atoms with Gasteiger partial charge in [-0.25, -0.2) is 0 Å². The van der Waals surface area contributed by atoms with Crippen LogP contribution in [-0.4, -0.2) is 63.4 Å². The maximum Gasteiger partial charge on any atom is 0.224 e. The van der Waals surface area contributed by atoms with Crippen LogP contribution in [0.3, 0.4) is 0 Å². The van der Waals surface area contributed by atoms with E-state index in [1.54, 1.807) is 0 Å². The molecule has 1 aromatic carbocycles. The molecule has 126 valence electrons. The van der Waals surface area contributed by atoms with Gasteiger partial charge in [-0.3, -0.25) is 9.69 Å². The summed E-state index contributed by atoms with van der Waals surface area (Å²) < 4.78 is 16.6. The van der Waals surface area contributed by atoms with Crippen molar-refractivity contribution in [2.45, 2.75) is 12.8 Å². The maximum atomic E-state index is 12.1. The van der Waals surface area contributed by atoms with Crippen LogP contribution in [0.4, 0.5) is 0 Å². The minimum absolute atomic E-state index is 0.0350. The van der Waals surface area contributed by atoms with Crippen LogP contribution in [0.25, 0.3) is 0 Å². The quantitative estimate of drug-likeness (QED) is 0.871. The van der Waals surface area contributed by atoms with Crippen molar-refractivity contribution >= 4 is 5.91 Å². The second kappa shape index (κ2) is 8.17. The van der Waals surface area contributed by atoms with Crippen LogP contribution < -0.4 is 14.8 Å². The number of hydrogen-bond acceptors (Lipinski definition) is 5. The Bertz CT molecular complexity index is 529. The van der Waals surface area contributed by atoms with Crippen molar-refractivity contribution in [3.05, 3.63) is 23.8 Å². The van der Waals surface area contributed by atoms with Gasteiger partial charge in [0.05, 0.1) is 32.8 Å². The van der Waals surface area contributed by atoms with Crippen LogP contribution in [0.5, 0.6) is 11.5 Å². The average Bonchev–Trinajstić information content (AvgIpc) is 2.81. The first-order chi connectivity index (χ1) is 11.3. The summed E-state index contributed by atoms with van der Waals surface area (Å²) in [7, 11) is 0. The second-order valence-corrected chi connectivity index (χ2v) is 5.81. The lowest BCUT2D eigenvalue weighted by molar-refractivity contribution is -0.120. The van der Waals surface area contributed by atoms with E-state index in [0.717, 1.165) is 56.3 Å². The van der Waals surface area contributed by atoms with Crippen molar-refractivity contribution in [3.63, 3.8) is 0 Å². The lowest BCUT2D eigenvalue weighted by Crippen LogP contribution is -2.41. The summed E-state index contributed by atoms with van der Waals surface area (Å²) in [6.07, 6.45) is 1.24. The first kappa shape index (κ1) is 16.1. The van der Waals surface area contributed by atoms with E-state index in [1.165, 1.54) is 0 Å². The number of nitrogens with one attached hydrogen (secondary N) is 1. The van der Waals surface area contributed by atoms with E-state index in [1.807, 2.05) is 18.2 Å². The highest BCUT2D eigenvalue weighted by Gasteiger charge is 2.13. The van der Waals surface area contributed by atoms with Crippen LogP contribution in [0.15, 0.2) is 18.2 Å². The molecule has 2 heterocycles. The number of carbonyl (C=O) groups excluding carboxylic acids is 1. The maximum absolute atomic E-state index is 12.1. The first-order valence-electron chi connectivity index (χ1n) is 8.26. The number of carbonyl (C=O) groups is 1. The SMILES string of the molecule is O=C(Cc1ccc2c(c1)OCCCO2)NCCN1CCOCC1. The topological polar surface area (TPSA) is 60.0 Å². The summed E-state index contributed by atoms with van der Waals surface area (Å²) in [5, 5.41) is 2.98. The van der Waals surface area contributed by atoms with Gasteiger partial charge in [-0.1, -0.05) is 6.07 Å². The van der Waals surface area contributed by atoms with Gasteiger partial charge in [0.15, 0.2) is 11.5 Å². The third-order valence-electron chi connectivity index (χ3n) is 4.03. The van der Waals surface area contributed by atoms with Crippen LogP contribution in [0, 0.1) is 0 Å². The molecule has 1 saturated heterocycles. The molecule has 1 amide bonds. The van der Waals surface area contributed by atoms with Crippen LogP contribution in [0.2, 0.25) is 0 Å².